The van der Waals surface area contributed by atoms with E-state index < -0.39 is 0 Å². The van der Waals surface area contributed by atoms with Crippen LogP contribution in [0, 0.1) is 18.3 Å². The molecule has 0 radical (unpaired) electrons. The SMILES string of the molecule is Cc1ccc(Cl)c(Nc2ccc(N)c(C#N)c2)c1. The molecule has 0 bridgehead atoms. The number of benzene rings is 2. The highest BCUT2D eigenvalue weighted by atomic mass is 35.5. The summed E-state index contributed by atoms with van der Waals surface area (Å²) in [6.45, 7) is 1.99. The Hall–Kier alpha value is -2.18. The van der Waals surface area contributed by atoms with E-state index in [9.17, 15) is 0 Å². The van der Waals surface area contributed by atoms with Crippen LogP contribution in [0.1, 0.15) is 11.1 Å². The first-order chi connectivity index (χ1) is 8.60. The van der Waals surface area contributed by atoms with Gasteiger partial charge in [0.2, 0.25) is 0 Å². The first kappa shape index (κ1) is 12.3. The van der Waals surface area contributed by atoms with Gasteiger partial charge in [-0.3, -0.25) is 0 Å². The van der Waals surface area contributed by atoms with Crippen molar-refractivity contribution in [3.05, 3.63) is 52.5 Å². The molecule has 0 unspecified atom stereocenters. The second-order valence-corrected chi connectivity index (χ2v) is 4.43. The van der Waals surface area contributed by atoms with Crippen LogP contribution in [0.3, 0.4) is 0 Å². The quantitative estimate of drug-likeness (QED) is 0.804. The largest absolute Gasteiger partial charge is 0.398 e. The van der Waals surface area contributed by atoms with E-state index in [4.69, 9.17) is 22.6 Å². The number of nitriles is 1. The van der Waals surface area contributed by atoms with Crippen LogP contribution in [0.2, 0.25) is 5.02 Å². The summed E-state index contributed by atoms with van der Waals surface area (Å²) in [6.07, 6.45) is 0. The van der Waals surface area contributed by atoms with Gasteiger partial charge in [0.05, 0.1) is 16.3 Å². The van der Waals surface area contributed by atoms with Crippen LogP contribution in [0.4, 0.5) is 17.1 Å². The second kappa shape index (κ2) is 4.99. The fraction of sp³-hybridized carbons (Fsp3) is 0.0714. The number of hydrogen-bond donors (Lipinski definition) is 2. The van der Waals surface area contributed by atoms with E-state index in [-0.39, 0.29) is 0 Å². The van der Waals surface area contributed by atoms with Crippen molar-refractivity contribution in [3.63, 3.8) is 0 Å². The molecule has 4 heteroatoms. The maximum Gasteiger partial charge on any atom is 0.101 e. The Bertz CT molecular complexity index is 629. The molecule has 0 aliphatic heterocycles. The average molecular weight is 258 g/mol. The molecule has 0 aliphatic rings. The number of rotatable bonds is 2. The Morgan fingerprint density at radius 3 is 2.72 bits per heavy atom. The number of anilines is 3. The summed E-state index contributed by atoms with van der Waals surface area (Å²) in [5.41, 5.74) is 9.29. The molecule has 0 saturated heterocycles. The number of halogens is 1. The van der Waals surface area contributed by atoms with Gasteiger partial charge in [0.1, 0.15) is 6.07 Å². The topological polar surface area (TPSA) is 61.8 Å². The van der Waals surface area contributed by atoms with Gasteiger partial charge in [-0.2, -0.15) is 5.26 Å². The van der Waals surface area contributed by atoms with Crippen LogP contribution >= 0.6 is 11.6 Å². The molecular formula is C14H12ClN3. The molecule has 0 aliphatic carbocycles. The second-order valence-electron chi connectivity index (χ2n) is 4.02. The molecule has 18 heavy (non-hydrogen) atoms. The molecule has 3 nitrogen and oxygen atoms in total. The van der Waals surface area contributed by atoms with Crippen molar-refractivity contribution >= 4 is 28.7 Å². The molecule has 2 rings (SSSR count). The highest BCUT2D eigenvalue weighted by molar-refractivity contribution is 6.33. The molecule has 3 N–H and O–H groups in total. The summed E-state index contributed by atoms with van der Waals surface area (Å²) in [4.78, 5) is 0. The third kappa shape index (κ3) is 2.55. The van der Waals surface area contributed by atoms with Gasteiger partial charge >= 0.3 is 0 Å². The lowest BCUT2D eigenvalue weighted by Gasteiger charge is -2.10. The Morgan fingerprint density at radius 1 is 1.22 bits per heavy atom. The molecule has 0 aromatic heterocycles. The van der Waals surface area contributed by atoms with Crippen LogP contribution in [-0.4, -0.2) is 0 Å². The van der Waals surface area contributed by atoms with Crippen molar-refractivity contribution in [2.75, 3.05) is 11.1 Å². The minimum Gasteiger partial charge on any atom is -0.398 e. The Morgan fingerprint density at radius 2 is 2.00 bits per heavy atom. The zero-order valence-electron chi connectivity index (χ0n) is 9.87. The predicted molar refractivity (Wildman–Crippen MR) is 75.0 cm³/mol. The van der Waals surface area contributed by atoms with E-state index in [1.807, 2.05) is 37.3 Å². The molecule has 0 amide bonds. The normalized spacial score (nSPS) is 9.83. The van der Waals surface area contributed by atoms with Crippen molar-refractivity contribution < 1.29 is 0 Å². The number of nitrogens with zero attached hydrogens (tertiary/aromatic N) is 1. The predicted octanol–water partition coefficient (Wildman–Crippen LogP) is 3.85. The lowest BCUT2D eigenvalue weighted by atomic mass is 10.1. The van der Waals surface area contributed by atoms with Gasteiger partial charge in [-0.25, -0.2) is 0 Å². The van der Waals surface area contributed by atoms with Gasteiger partial charge in [-0.05, 0) is 42.8 Å². The molecule has 90 valence electrons. The highest BCUT2D eigenvalue weighted by Crippen LogP contribution is 2.27. The maximum atomic E-state index is 8.92. The summed E-state index contributed by atoms with van der Waals surface area (Å²) in [7, 11) is 0. The summed E-state index contributed by atoms with van der Waals surface area (Å²) < 4.78 is 0. The van der Waals surface area contributed by atoms with Crippen molar-refractivity contribution in [1.29, 1.82) is 5.26 Å². The third-order valence-corrected chi connectivity index (χ3v) is 2.90. The van der Waals surface area contributed by atoms with E-state index in [2.05, 4.69) is 5.32 Å². The molecule has 0 atom stereocenters. The van der Waals surface area contributed by atoms with Gasteiger partial charge in [-0.1, -0.05) is 17.7 Å². The van der Waals surface area contributed by atoms with Gasteiger partial charge in [-0.15, -0.1) is 0 Å². The summed E-state index contributed by atoms with van der Waals surface area (Å²) >= 11 is 6.10. The number of nitrogens with one attached hydrogen (secondary N) is 1. The summed E-state index contributed by atoms with van der Waals surface area (Å²) in [5.74, 6) is 0. The zero-order valence-corrected chi connectivity index (χ0v) is 10.6. The lowest BCUT2D eigenvalue weighted by Crippen LogP contribution is -1.95. The first-order valence-electron chi connectivity index (χ1n) is 5.43. The van der Waals surface area contributed by atoms with Crippen LogP contribution in [0.5, 0.6) is 0 Å². The highest BCUT2D eigenvalue weighted by Gasteiger charge is 2.03. The van der Waals surface area contributed by atoms with Gasteiger partial charge in [0.25, 0.3) is 0 Å². The van der Waals surface area contributed by atoms with Crippen LogP contribution < -0.4 is 11.1 Å². The van der Waals surface area contributed by atoms with Crippen LogP contribution in [0.25, 0.3) is 0 Å². The molecule has 0 fully saturated rings. The number of nitrogen functional groups attached to an aromatic ring is 1. The van der Waals surface area contributed by atoms with E-state index in [0.717, 1.165) is 16.9 Å². The summed E-state index contributed by atoms with van der Waals surface area (Å²) in [6, 6.07) is 13.0. The molecular weight excluding hydrogens is 246 g/mol. The molecule has 0 heterocycles. The first-order valence-corrected chi connectivity index (χ1v) is 5.81. The van der Waals surface area contributed by atoms with Gasteiger partial charge in [0, 0.05) is 11.4 Å². The van der Waals surface area contributed by atoms with Crippen molar-refractivity contribution in [1.82, 2.24) is 0 Å². The molecule has 2 aromatic rings. The summed E-state index contributed by atoms with van der Waals surface area (Å²) in [5, 5.41) is 12.7. The number of nitrogens with two attached hydrogens (primary N) is 1. The Kier molecular flexibility index (Phi) is 3.40. The monoisotopic (exact) mass is 257 g/mol. The lowest BCUT2D eigenvalue weighted by molar-refractivity contribution is 1.44. The van der Waals surface area contributed by atoms with E-state index in [0.29, 0.717) is 16.3 Å². The number of aryl methyl sites for hydroxylation is 1. The van der Waals surface area contributed by atoms with Crippen LogP contribution in [0.15, 0.2) is 36.4 Å². The fourth-order valence-corrected chi connectivity index (χ4v) is 1.79. The zero-order chi connectivity index (χ0) is 13.1. The Balaban J connectivity index is 2.34. The van der Waals surface area contributed by atoms with Crippen LogP contribution in [-0.2, 0) is 0 Å². The van der Waals surface area contributed by atoms with E-state index in [1.54, 1.807) is 12.1 Å². The number of hydrogen-bond acceptors (Lipinski definition) is 3. The van der Waals surface area contributed by atoms with Crippen molar-refractivity contribution in [3.8, 4) is 6.07 Å². The van der Waals surface area contributed by atoms with Crippen molar-refractivity contribution in [2.24, 2.45) is 0 Å². The molecule has 0 saturated carbocycles. The van der Waals surface area contributed by atoms with E-state index >= 15 is 0 Å². The minimum absolute atomic E-state index is 0.448. The van der Waals surface area contributed by atoms with E-state index in [1.165, 1.54) is 0 Å². The Labute approximate surface area is 111 Å². The standard InChI is InChI=1S/C14H12ClN3/c1-9-2-4-12(15)14(6-9)18-11-3-5-13(17)10(7-11)8-16/h2-7,18H,17H2,1H3. The van der Waals surface area contributed by atoms with Crippen molar-refractivity contribution in [2.45, 2.75) is 6.92 Å². The third-order valence-electron chi connectivity index (χ3n) is 2.57. The minimum atomic E-state index is 0.448. The average Bonchev–Trinajstić information content (AvgIpc) is 2.36. The fourth-order valence-electron chi connectivity index (χ4n) is 1.62. The smallest absolute Gasteiger partial charge is 0.101 e. The van der Waals surface area contributed by atoms with Gasteiger partial charge in [0.15, 0.2) is 0 Å². The molecule has 2 aromatic carbocycles. The van der Waals surface area contributed by atoms with Gasteiger partial charge < -0.3 is 11.1 Å². The maximum absolute atomic E-state index is 8.92. The molecule has 0 spiro atoms.